The number of piperidine rings is 1. The molecule has 0 radical (unpaired) electrons. The van der Waals surface area contributed by atoms with E-state index in [-0.39, 0.29) is 30.6 Å². The number of benzene rings is 3. The number of halogens is 1. The minimum Gasteiger partial charge on any atom is -0.480 e. The Morgan fingerprint density at radius 1 is 0.843 bits per heavy atom. The Morgan fingerprint density at radius 2 is 1.55 bits per heavy atom. The van der Waals surface area contributed by atoms with Crippen molar-refractivity contribution in [1.82, 2.24) is 20.2 Å². The lowest BCUT2D eigenvalue weighted by Crippen LogP contribution is -2.50. The van der Waals surface area contributed by atoms with Crippen molar-refractivity contribution in [3.8, 4) is 0 Å². The summed E-state index contributed by atoms with van der Waals surface area (Å²) >= 11 is 0. The van der Waals surface area contributed by atoms with Gasteiger partial charge in [-0.25, -0.2) is 19.6 Å². The number of rotatable bonds is 12. The number of nitrogens with one attached hydrogen (secondary N) is 3. The fourth-order valence-corrected chi connectivity index (χ4v) is 6.52. The van der Waals surface area contributed by atoms with E-state index in [0.717, 1.165) is 24.3 Å². The number of para-hydroxylation sites is 1. The molecule has 6 rings (SSSR count). The first kappa shape index (κ1) is 35.1. The van der Waals surface area contributed by atoms with E-state index in [0.29, 0.717) is 56.7 Å². The Morgan fingerprint density at radius 3 is 2.25 bits per heavy atom. The number of carbonyl (C=O) groups excluding carboxylic acids is 2. The van der Waals surface area contributed by atoms with Crippen molar-refractivity contribution in [2.75, 3.05) is 66.2 Å². The summed E-state index contributed by atoms with van der Waals surface area (Å²) in [5.41, 5.74) is 3.55. The van der Waals surface area contributed by atoms with Crippen molar-refractivity contribution in [3.05, 3.63) is 108 Å². The lowest BCUT2D eigenvalue weighted by molar-refractivity contribution is -0.142. The standard InChI is InChI=1S/C38H43FN8O4/c39-33-34(40-18-17-27-8-3-1-4-9-27)41-26-42-35(33)47-19-7-10-29(25-47)36(48)44-32(37(49)50)24-28-13-15-30(16-14-28)43-38(51)46-22-20-45(21-23-46)31-11-5-2-6-12-31/h1-6,8-9,11-16,26,29,32H,7,10,17-25H2,(H,43,51)(H,44,48)(H,49,50)(H,40,41,42)/t29?,32-/m0/s1. The molecular weight excluding hydrogens is 651 g/mol. The second-order valence-electron chi connectivity index (χ2n) is 12.8. The molecule has 0 spiro atoms. The van der Waals surface area contributed by atoms with Gasteiger partial charge in [-0.2, -0.15) is 4.39 Å². The Hall–Kier alpha value is -5.72. The molecular formula is C38H43FN8O4. The Bertz CT molecular complexity index is 1770. The number of amides is 3. The summed E-state index contributed by atoms with van der Waals surface area (Å²) in [7, 11) is 0. The molecule has 3 heterocycles. The molecule has 12 nitrogen and oxygen atoms in total. The number of carbonyl (C=O) groups is 3. The normalized spacial score (nSPS) is 16.6. The second kappa shape index (κ2) is 16.8. The predicted molar refractivity (Wildman–Crippen MR) is 195 cm³/mol. The van der Waals surface area contributed by atoms with Gasteiger partial charge in [0.2, 0.25) is 11.7 Å². The molecule has 266 valence electrons. The van der Waals surface area contributed by atoms with Gasteiger partial charge in [0, 0.05) is 63.6 Å². The molecule has 2 aliphatic rings. The predicted octanol–water partition coefficient (Wildman–Crippen LogP) is 4.65. The highest BCUT2D eigenvalue weighted by Crippen LogP contribution is 2.27. The van der Waals surface area contributed by atoms with Crippen LogP contribution in [0, 0.1) is 11.7 Å². The van der Waals surface area contributed by atoms with Crippen LogP contribution < -0.4 is 25.8 Å². The van der Waals surface area contributed by atoms with Gasteiger partial charge in [0.05, 0.1) is 5.92 Å². The number of urea groups is 1. The van der Waals surface area contributed by atoms with Gasteiger partial charge in [0.1, 0.15) is 12.4 Å². The van der Waals surface area contributed by atoms with Crippen LogP contribution in [-0.2, 0) is 22.4 Å². The molecule has 0 bridgehead atoms. The maximum absolute atomic E-state index is 15.5. The zero-order valence-corrected chi connectivity index (χ0v) is 28.4. The first-order valence-corrected chi connectivity index (χ1v) is 17.4. The highest BCUT2D eigenvalue weighted by atomic mass is 19.1. The lowest BCUT2D eigenvalue weighted by Gasteiger charge is -2.36. The van der Waals surface area contributed by atoms with Crippen molar-refractivity contribution >= 4 is 40.9 Å². The summed E-state index contributed by atoms with van der Waals surface area (Å²) in [4.78, 5) is 52.5. The molecule has 0 aliphatic carbocycles. The molecule has 2 aliphatic heterocycles. The molecule has 4 aromatic rings. The third kappa shape index (κ3) is 9.30. The van der Waals surface area contributed by atoms with Gasteiger partial charge < -0.3 is 35.8 Å². The van der Waals surface area contributed by atoms with E-state index in [4.69, 9.17) is 0 Å². The molecule has 4 N–H and O–H groups in total. The van der Waals surface area contributed by atoms with Crippen LogP contribution >= 0.6 is 0 Å². The average Bonchev–Trinajstić information content (AvgIpc) is 3.17. The summed E-state index contributed by atoms with van der Waals surface area (Å²) < 4.78 is 15.5. The van der Waals surface area contributed by atoms with Crippen LogP contribution in [0.1, 0.15) is 24.0 Å². The van der Waals surface area contributed by atoms with E-state index in [1.165, 1.54) is 6.33 Å². The van der Waals surface area contributed by atoms with Crippen LogP contribution in [0.5, 0.6) is 0 Å². The van der Waals surface area contributed by atoms with Gasteiger partial charge in [0.25, 0.3) is 0 Å². The van der Waals surface area contributed by atoms with Crippen LogP contribution in [0.3, 0.4) is 0 Å². The van der Waals surface area contributed by atoms with Gasteiger partial charge in [-0.05, 0) is 54.7 Å². The van der Waals surface area contributed by atoms with Crippen molar-refractivity contribution < 1.29 is 23.9 Å². The number of anilines is 4. The molecule has 1 aromatic heterocycles. The molecule has 2 fully saturated rings. The minimum absolute atomic E-state index is 0.0612. The molecule has 51 heavy (non-hydrogen) atoms. The van der Waals surface area contributed by atoms with Gasteiger partial charge in [-0.1, -0.05) is 60.7 Å². The number of aromatic nitrogens is 2. The van der Waals surface area contributed by atoms with Gasteiger partial charge in [-0.3, -0.25) is 4.79 Å². The van der Waals surface area contributed by atoms with Gasteiger partial charge in [0.15, 0.2) is 11.6 Å². The quantitative estimate of drug-likeness (QED) is 0.167. The van der Waals surface area contributed by atoms with Crippen LogP contribution in [0.2, 0.25) is 0 Å². The third-order valence-electron chi connectivity index (χ3n) is 9.36. The monoisotopic (exact) mass is 694 g/mol. The number of nitrogens with zero attached hydrogens (tertiary/aromatic N) is 5. The second-order valence-corrected chi connectivity index (χ2v) is 12.8. The highest BCUT2D eigenvalue weighted by molar-refractivity contribution is 5.89. The summed E-state index contributed by atoms with van der Waals surface area (Å²) in [6.07, 6.45) is 3.22. The molecule has 2 saturated heterocycles. The minimum atomic E-state index is -1.16. The number of carboxylic acids is 1. The molecule has 1 unspecified atom stereocenters. The van der Waals surface area contributed by atoms with Gasteiger partial charge >= 0.3 is 12.0 Å². The maximum Gasteiger partial charge on any atom is 0.326 e. The maximum atomic E-state index is 15.5. The summed E-state index contributed by atoms with van der Waals surface area (Å²) in [5, 5.41) is 18.6. The molecule has 2 atom stereocenters. The Labute approximate surface area is 296 Å². The van der Waals surface area contributed by atoms with E-state index < -0.39 is 29.7 Å². The number of piperazine rings is 1. The Balaban J connectivity index is 0.988. The zero-order valence-electron chi connectivity index (χ0n) is 28.4. The number of hydrogen-bond acceptors (Lipinski definition) is 8. The Kier molecular flexibility index (Phi) is 11.6. The van der Waals surface area contributed by atoms with Gasteiger partial charge in [-0.15, -0.1) is 0 Å². The van der Waals surface area contributed by atoms with E-state index in [2.05, 4.69) is 43.0 Å². The topological polar surface area (TPSA) is 143 Å². The summed E-state index contributed by atoms with van der Waals surface area (Å²) in [6.45, 7) is 3.87. The first-order valence-electron chi connectivity index (χ1n) is 17.4. The van der Waals surface area contributed by atoms with E-state index in [1.54, 1.807) is 34.1 Å². The highest BCUT2D eigenvalue weighted by Gasteiger charge is 2.31. The molecule has 3 aromatic carbocycles. The number of carboxylic acid groups (broad SMARTS) is 1. The van der Waals surface area contributed by atoms with E-state index in [9.17, 15) is 19.5 Å². The van der Waals surface area contributed by atoms with Crippen molar-refractivity contribution in [2.45, 2.75) is 31.7 Å². The van der Waals surface area contributed by atoms with E-state index in [1.807, 2.05) is 48.5 Å². The number of aliphatic carboxylic acids is 1. The van der Waals surface area contributed by atoms with Crippen LogP contribution in [0.15, 0.2) is 91.3 Å². The van der Waals surface area contributed by atoms with Crippen molar-refractivity contribution in [3.63, 3.8) is 0 Å². The van der Waals surface area contributed by atoms with Crippen molar-refractivity contribution in [1.29, 1.82) is 0 Å². The largest absolute Gasteiger partial charge is 0.480 e. The number of hydrogen-bond donors (Lipinski definition) is 4. The summed E-state index contributed by atoms with van der Waals surface area (Å²) in [5.74, 6) is -2.48. The van der Waals surface area contributed by atoms with Crippen LogP contribution in [-0.4, -0.2) is 89.7 Å². The molecule has 3 amide bonds. The average molecular weight is 695 g/mol. The van der Waals surface area contributed by atoms with Crippen LogP contribution in [0.4, 0.5) is 32.2 Å². The zero-order chi connectivity index (χ0) is 35.6. The molecule has 0 saturated carbocycles. The van der Waals surface area contributed by atoms with E-state index >= 15 is 4.39 Å². The third-order valence-corrected chi connectivity index (χ3v) is 9.36. The fraction of sp³-hybridized carbons (Fsp3) is 0.342. The smallest absolute Gasteiger partial charge is 0.326 e. The first-order chi connectivity index (χ1) is 24.8. The lowest BCUT2D eigenvalue weighted by atomic mass is 9.96. The molecule has 13 heteroatoms. The summed E-state index contributed by atoms with van der Waals surface area (Å²) in [6, 6.07) is 25.6. The SMILES string of the molecule is O=C(N[C@@H](Cc1ccc(NC(=O)N2CCN(c3ccccc3)CC2)cc1)C(=O)O)C1CCCN(c2ncnc(NCCc3ccccc3)c2F)C1. The van der Waals surface area contributed by atoms with Crippen LogP contribution in [0.25, 0.3) is 0 Å². The fourth-order valence-electron chi connectivity index (χ4n) is 6.52. The van der Waals surface area contributed by atoms with Crippen molar-refractivity contribution in [2.24, 2.45) is 5.92 Å².